The predicted octanol–water partition coefficient (Wildman–Crippen LogP) is 2.62. The summed E-state index contributed by atoms with van der Waals surface area (Å²) in [6.07, 6.45) is 0.803. The molecule has 1 aromatic carbocycles. The summed E-state index contributed by atoms with van der Waals surface area (Å²) in [6.45, 7) is 1.98. The molecular weight excluding hydrogens is 324 g/mol. The van der Waals surface area contributed by atoms with Gasteiger partial charge in [0.15, 0.2) is 0 Å². The van der Waals surface area contributed by atoms with Gasteiger partial charge in [0, 0.05) is 4.88 Å². The average Bonchev–Trinajstić information content (AvgIpc) is 2.95. The molecule has 112 valence electrons. The van der Waals surface area contributed by atoms with Crippen LogP contribution in [0.15, 0.2) is 46.7 Å². The van der Waals surface area contributed by atoms with E-state index in [-0.39, 0.29) is 9.20 Å². The van der Waals surface area contributed by atoms with Crippen molar-refractivity contribution in [3.63, 3.8) is 0 Å². The molecule has 0 bridgehead atoms. The summed E-state index contributed by atoms with van der Waals surface area (Å²) in [4.78, 5) is 1.11. The van der Waals surface area contributed by atoms with Crippen LogP contribution in [0.25, 0.3) is 0 Å². The molecule has 1 atom stereocenters. The molecule has 0 saturated heterocycles. The molecule has 0 aliphatic carbocycles. The van der Waals surface area contributed by atoms with Crippen LogP contribution in [-0.4, -0.2) is 13.4 Å². The lowest BCUT2D eigenvalue weighted by atomic mass is 10.1. The molecule has 1 unspecified atom stereocenters. The van der Waals surface area contributed by atoms with Crippen molar-refractivity contribution in [2.45, 2.75) is 23.6 Å². The van der Waals surface area contributed by atoms with Gasteiger partial charge in [-0.1, -0.05) is 49.5 Å². The van der Waals surface area contributed by atoms with Gasteiger partial charge in [-0.25, -0.2) is 8.42 Å². The van der Waals surface area contributed by atoms with E-state index >= 15 is 0 Å². The third-order valence-corrected chi connectivity index (χ3v) is 6.32. The molecule has 3 N–H and O–H groups in total. The number of benzene rings is 1. The van der Waals surface area contributed by atoms with Gasteiger partial charge in [-0.05, 0) is 24.1 Å². The Morgan fingerprint density at radius 3 is 2.48 bits per heavy atom. The second-order valence-corrected chi connectivity index (χ2v) is 8.02. The van der Waals surface area contributed by atoms with Gasteiger partial charge in [0.1, 0.15) is 4.21 Å². The third-order valence-electron chi connectivity index (χ3n) is 2.94. The number of thiophene rings is 1. The van der Waals surface area contributed by atoms with Crippen molar-refractivity contribution in [1.29, 1.82) is 0 Å². The fraction of sp³-hybridized carbons (Fsp3) is 0.214. The Labute approximate surface area is 134 Å². The monoisotopic (exact) mass is 340 g/mol. The van der Waals surface area contributed by atoms with E-state index in [1.807, 2.05) is 31.2 Å². The van der Waals surface area contributed by atoms with Crippen LogP contribution in [0.3, 0.4) is 0 Å². The van der Waals surface area contributed by atoms with E-state index in [9.17, 15) is 8.42 Å². The van der Waals surface area contributed by atoms with E-state index in [0.29, 0.717) is 0 Å². The zero-order chi connectivity index (χ0) is 15.5. The van der Waals surface area contributed by atoms with Crippen molar-refractivity contribution in [2.75, 3.05) is 0 Å². The van der Waals surface area contributed by atoms with Crippen molar-refractivity contribution in [1.82, 2.24) is 4.72 Å². The summed E-state index contributed by atoms with van der Waals surface area (Å²) in [5, 5.41) is 0. The van der Waals surface area contributed by atoms with Gasteiger partial charge in [-0.15, -0.1) is 11.3 Å². The van der Waals surface area contributed by atoms with Gasteiger partial charge in [0.25, 0.3) is 10.0 Å². The fourth-order valence-electron chi connectivity index (χ4n) is 1.84. The van der Waals surface area contributed by atoms with E-state index in [0.717, 1.165) is 16.9 Å². The Balaban J connectivity index is 2.30. The minimum absolute atomic E-state index is 0.0945. The van der Waals surface area contributed by atoms with Gasteiger partial charge >= 0.3 is 0 Å². The summed E-state index contributed by atoms with van der Waals surface area (Å²) in [7, 11) is -3.64. The standard InChI is InChI=1S/C14H16N2O2S3/c1-2-11-8-9-12(20-11)21(17,18)16-13(14(15)19)10-6-4-3-5-7-10/h3-9,13,16H,2H2,1H3,(H2,15,19). The minimum Gasteiger partial charge on any atom is -0.392 e. The number of sulfonamides is 1. The second-order valence-electron chi connectivity index (χ2n) is 4.44. The molecule has 0 saturated carbocycles. The van der Waals surface area contributed by atoms with Crippen LogP contribution < -0.4 is 10.5 Å². The predicted molar refractivity (Wildman–Crippen MR) is 90.0 cm³/mol. The molecular formula is C14H16N2O2S3. The molecule has 0 amide bonds. The maximum Gasteiger partial charge on any atom is 0.251 e. The van der Waals surface area contributed by atoms with Crippen LogP contribution in [0.4, 0.5) is 0 Å². The Hall–Kier alpha value is -1.28. The summed E-state index contributed by atoms with van der Waals surface area (Å²) in [5.74, 6) is 0. The topological polar surface area (TPSA) is 72.2 Å². The first-order valence-electron chi connectivity index (χ1n) is 6.39. The van der Waals surface area contributed by atoms with Crippen LogP contribution in [0.5, 0.6) is 0 Å². The normalized spacial score (nSPS) is 13.0. The molecule has 4 nitrogen and oxygen atoms in total. The van der Waals surface area contributed by atoms with E-state index in [4.69, 9.17) is 18.0 Å². The summed E-state index contributed by atoms with van der Waals surface area (Å²) >= 11 is 6.25. The van der Waals surface area contributed by atoms with Crippen LogP contribution >= 0.6 is 23.6 Å². The molecule has 1 heterocycles. The maximum absolute atomic E-state index is 12.4. The van der Waals surface area contributed by atoms with Crippen molar-refractivity contribution >= 4 is 38.6 Å². The van der Waals surface area contributed by atoms with E-state index < -0.39 is 16.1 Å². The first kappa shape index (κ1) is 16.1. The maximum atomic E-state index is 12.4. The van der Waals surface area contributed by atoms with E-state index in [2.05, 4.69) is 4.72 Å². The Kier molecular flexibility index (Phi) is 5.10. The minimum atomic E-state index is -3.64. The van der Waals surface area contributed by atoms with Crippen LogP contribution in [0.1, 0.15) is 23.4 Å². The van der Waals surface area contributed by atoms with Crippen molar-refractivity contribution in [3.8, 4) is 0 Å². The molecule has 0 aliphatic heterocycles. The number of rotatable bonds is 6. The SMILES string of the molecule is CCc1ccc(S(=O)(=O)NC(C(N)=S)c2ccccc2)s1. The van der Waals surface area contributed by atoms with Crippen molar-refractivity contribution in [3.05, 3.63) is 52.9 Å². The lowest BCUT2D eigenvalue weighted by molar-refractivity contribution is 0.579. The number of hydrogen-bond acceptors (Lipinski definition) is 4. The highest BCUT2D eigenvalue weighted by Crippen LogP contribution is 2.24. The molecule has 1 aromatic heterocycles. The first-order valence-corrected chi connectivity index (χ1v) is 9.10. The van der Waals surface area contributed by atoms with Gasteiger partial charge < -0.3 is 5.73 Å². The molecule has 0 spiro atoms. The Morgan fingerprint density at radius 1 is 1.29 bits per heavy atom. The number of aryl methyl sites for hydroxylation is 1. The molecule has 0 radical (unpaired) electrons. The molecule has 7 heteroatoms. The second kappa shape index (κ2) is 6.65. The molecule has 21 heavy (non-hydrogen) atoms. The van der Waals surface area contributed by atoms with Crippen LogP contribution in [0.2, 0.25) is 0 Å². The summed E-state index contributed by atoms with van der Waals surface area (Å²) < 4.78 is 27.7. The number of thiocarbonyl (C=S) groups is 1. The zero-order valence-electron chi connectivity index (χ0n) is 11.4. The van der Waals surface area contributed by atoms with Crippen LogP contribution in [0, 0.1) is 0 Å². The largest absolute Gasteiger partial charge is 0.392 e. The molecule has 0 aliphatic rings. The third kappa shape index (κ3) is 3.88. The molecule has 2 rings (SSSR count). The summed E-state index contributed by atoms with van der Waals surface area (Å²) in [5.41, 5.74) is 6.42. The average molecular weight is 340 g/mol. The van der Waals surface area contributed by atoms with Gasteiger partial charge in [0.2, 0.25) is 0 Å². The molecule has 2 aromatic rings. The quantitative estimate of drug-likeness (QED) is 0.793. The zero-order valence-corrected chi connectivity index (χ0v) is 13.9. The Morgan fingerprint density at radius 2 is 1.95 bits per heavy atom. The van der Waals surface area contributed by atoms with Crippen molar-refractivity contribution < 1.29 is 8.42 Å². The van der Waals surface area contributed by atoms with Gasteiger partial charge in [0.05, 0.1) is 11.0 Å². The lowest BCUT2D eigenvalue weighted by Gasteiger charge is -2.17. The van der Waals surface area contributed by atoms with Gasteiger partial charge in [-0.3, -0.25) is 0 Å². The number of hydrogen-bond donors (Lipinski definition) is 2. The fourth-order valence-corrected chi connectivity index (χ4v) is 4.63. The van der Waals surface area contributed by atoms with E-state index in [1.54, 1.807) is 18.2 Å². The first-order chi connectivity index (χ1) is 9.94. The highest BCUT2D eigenvalue weighted by atomic mass is 32.2. The Bertz CT molecular complexity index is 724. The smallest absolute Gasteiger partial charge is 0.251 e. The summed E-state index contributed by atoms with van der Waals surface area (Å²) in [6, 6.07) is 11.8. The number of nitrogens with one attached hydrogen (secondary N) is 1. The molecule has 0 fully saturated rings. The number of nitrogens with two attached hydrogens (primary N) is 1. The highest BCUT2D eigenvalue weighted by molar-refractivity contribution is 7.91. The van der Waals surface area contributed by atoms with Crippen molar-refractivity contribution in [2.24, 2.45) is 5.73 Å². The van der Waals surface area contributed by atoms with Gasteiger partial charge in [-0.2, -0.15) is 4.72 Å². The van der Waals surface area contributed by atoms with Crippen LogP contribution in [-0.2, 0) is 16.4 Å². The highest BCUT2D eigenvalue weighted by Gasteiger charge is 2.24. The lowest BCUT2D eigenvalue weighted by Crippen LogP contribution is -2.36. The van der Waals surface area contributed by atoms with E-state index in [1.165, 1.54) is 11.3 Å².